The molecule has 2 aromatic carbocycles. The Balaban J connectivity index is 1.78. The van der Waals surface area contributed by atoms with Crippen molar-refractivity contribution in [3.05, 3.63) is 47.0 Å². The van der Waals surface area contributed by atoms with Crippen molar-refractivity contribution < 1.29 is 28.5 Å². The Morgan fingerprint density at radius 1 is 1.20 bits per heavy atom. The zero-order chi connectivity index (χ0) is 21.5. The number of amides is 1. The lowest BCUT2D eigenvalue weighted by molar-refractivity contribution is -0.133. The van der Waals surface area contributed by atoms with E-state index in [4.69, 9.17) is 23.7 Å². The average molecular weight is 414 g/mol. The average Bonchev–Trinajstić information content (AvgIpc) is 2.78. The molecule has 1 heterocycles. The first kappa shape index (κ1) is 21.4. The molecule has 1 atom stereocenters. The first-order valence-electron chi connectivity index (χ1n) is 9.64. The summed E-state index contributed by atoms with van der Waals surface area (Å²) in [5.74, 6) is 2.04. The van der Waals surface area contributed by atoms with Gasteiger partial charge in [-0.15, -0.1) is 0 Å². The van der Waals surface area contributed by atoms with Gasteiger partial charge in [-0.3, -0.25) is 4.79 Å². The summed E-state index contributed by atoms with van der Waals surface area (Å²) >= 11 is 0. The second kappa shape index (κ2) is 9.98. The van der Waals surface area contributed by atoms with E-state index in [-0.39, 0.29) is 0 Å². The minimum absolute atomic E-state index is 0.346. The number of hydrogen-bond acceptors (Lipinski definition) is 7. The fraction of sp³-hybridized carbons (Fsp3) is 0.364. The van der Waals surface area contributed by atoms with Gasteiger partial charge in [0.05, 0.1) is 20.4 Å². The van der Waals surface area contributed by atoms with Gasteiger partial charge >= 0.3 is 0 Å². The molecule has 0 saturated heterocycles. The molecule has 160 valence electrons. The first-order valence-corrected chi connectivity index (χ1v) is 9.64. The second-order valence-electron chi connectivity index (χ2n) is 6.49. The van der Waals surface area contributed by atoms with Gasteiger partial charge in [0, 0.05) is 23.3 Å². The molecule has 1 N–H and O–H groups in total. The number of carbonyl (C=O) groups is 1. The van der Waals surface area contributed by atoms with Gasteiger partial charge in [-0.2, -0.15) is 5.10 Å². The standard InChI is InChI=1S/C22H26N2O6/c1-5-28-21(16-7-6-8-17-20(16)30-10-9-29-17)22(25)24-23-13-15-11-18(26-3)14(2)19(12-15)27-4/h6-8,11-13,21H,5,9-10H2,1-4H3,(H,24,25). The van der Waals surface area contributed by atoms with E-state index in [1.807, 2.05) is 26.0 Å². The third-order valence-corrected chi connectivity index (χ3v) is 4.61. The molecule has 1 unspecified atom stereocenters. The van der Waals surface area contributed by atoms with E-state index in [0.29, 0.717) is 48.4 Å². The van der Waals surface area contributed by atoms with Gasteiger partial charge < -0.3 is 23.7 Å². The van der Waals surface area contributed by atoms with Gasteiger partial charge in [0.1, 0.15) is 24.7 Å². The van der Waals surface area contributed by atoms with Crippen LogP contribution < -0.4 is 24.4 Å². The summed E-state index contributed by atoms with van der Waals surface area (Å²) in [5.41, 5.74) is 4.74. The number of hydrazone groups is 1. The number of rotatable bonds is 8. The summed E-state index contributed by atoms with van der Waals surface area (Å²) in [6.07, 6.45) is 0.636. The Hall–Kier alpha value is -3.26. The maximum Gasteiger partial charge on any atom is 0.273 e. The Bertz CT molecular complexity index is 903. The zero-order valence-corrected chi connectivity index (χ0v) is 17.6. The molecular weight excluding hydrogens is 388 g/mol. The Kier molecular flexibility index (Phi) is 7.13. The van der Waals surface area contributed by atoms with Gasteiger partial charge in [0.25, 0.3) is 5.91 Å². The van der Waals surface area contributed by atoms with Crippen molar-refractivity contribution in [2.75, 3.05) is 34.0 Å². The molecule has 30 heavy (non-hydrogen) atoms. The van der Waals surface area contributed by atoms with Crippen LogP contribution in [0.5, 0.6) is 23.0 Å². The van der Waals surface area contributed by atoms with Gasteiger partial charge in [0.15, 0.2) is 17.6 Å². The van der Waals surface area contributed by atoms with E-state index < -0.39 is 12.0 Å². The highest BCUT2D eigenvalue weighted by Gasteiger charge is 2.28. The highest BCUT2D eigenvalue weighted by atomic mass is 16.6. The van der Waals surface area contributed by atoms with Crippen molar-refractivity contribution in [1.29, 1.82) is 0 Å². The summed E-state index contributed by atoms with van der Waals surface area (Å²) < 4.78 is 27.7. The minimum Gasteiger partial charge on any atom is -0.496 e. The molecule has 8 nitrogen and oxygen atoms in total. The Morgan fingerprint density at radius 2 is 1.90 bits per heavy atom. The molecule has 0 spiro atoms. The largest absolute Gasteiger partial charge is 0.496 e. The summed E-state index contributed by atoms with van der Waals surface area (Å²) in [5, 5.41) is 4.08. The SMILES string of the molecule is CCOC(C(=O)NN=Cc1cc(OC)c(C)c(OC)c1)c1cccc2c1OCCO2. The van der Waals surface area contributed by atoms with Crippen LogP contribution in [0.1, 0.15) is 29.7 Å². The zero-order valence-electron chi connectivity index (χ0n) is 17.6. The normalized spacial score (nSPS) is 13.7. The molecule has 1 aliphatic rings. The molecule has 1 amide bonds. The number of hydrogen-bond donors (Lipinski definition) is 1. The van der Waals surface area contributed by atoms with Crippen LogP contribution in [0.15, 0.2) is 35.4 Å². The lowest BCUT2D eigenvalue weighted by atomic mass is 10.1. The van der Waals surface area contributed by atoms with Crippen LogP contribution in [0, 0.1) is 6.92 Å². The lowest BCUT2D eigenvalue weighted by Gasteiger charge is -2.24. The van der Waals surface area contributed by atoms with Crippen molar-refractivity contribution in [3.8, 4) is 23.0 Å². The van der Waals surface area contributed by atoms with E-state index in [0.717, 1.165) is 11.1 Å². The van der Waals surface area contributed by atoms with E-state index in [9.17, 15) is 4.79 Å². The van der Waals surface area contributed by atoms with Gasteiger partial charge in [-0.1, -0.05) is 12.1 Å². The quantitative estimate of drug-likeness (QED) is 0.528. The van der Waals surface area contributed by atoms with Crippen LogP contribution in [-0.4, -0.2) is 46.2 Å². The number of carbonyl (C=O) groups excluding carboxylic acids is 1. The Morgan fingerprint density at radius 3 is 2.57 bits per heavy atom. The van der Waals surface area contributed by atoms with Crippen molar-refractivity contribution in [2.24, 2.45) is 5.10 Å². The highest BCUT2D eigenvalue weighted by molar-refractivity contribution is 5.86. The molecule has 3 rings (SSSR count). The first-order chi connectivity index (χ1) is 14.6. The third-order valence-electron chi connectivity index (χ3n) is 4.61. The predicted octanol–water partition coefficient (Wildman–Crippen LogP) is 3.01. The van der Waals surface area contributed by atoms with Crippen LogP contribution in [0.3, 0.4) is 0 Å². The highest BCUT2D eigenvalue weighted by Crippen LogP contribution is 2.38. The molecule has 0 fully saturated rings. The summed E-state index contributed by atoms with van der Waals surface area (Å²) in [4.78, 5) is 12.8. The predicted molar refractivity (Wildman–Crippen MR) is 112 cm³/mol. The van der Waals surface area contributed by atoms with Crippen LogP contribution >= 0.6 is 0 Å². The molecule has 2 aromatic rings. The summed E-state index contributed by atoms with van der Waals surface area (Å²) in [7, 11) is 3.17. The smallest absolute Gasteiger partial charge is 0.273 e. The van der Waals surface area contributed by atoms with E-state index in [1.165, 1.54) is 6.21 Å². The van der Waals surface area contributed by atoms with Crippen molar-refractivity contribution >= 4 is 12.1 Å². The van der Waals surface area contributed by atoms with Crippen molar-refractivity contribution in [3.63, 3.8) is 0 Å². The molecule has 8 heteroatoms. The molecule has 0 aliphatic carbocycles. The maximum atomic E-state index is 12.8. The van der Waals surface area contributed by atoms with Crippen LogP contribution in [-0.2, 0) is 9.53 Å². The van der Waals surface area contributed by atoms with Crippen molar-refractivity contribution in [2.45, 2.75) is 20.0 Å². The second-order valence-corrected chi connectivity index (χ2v) is 6.49. The third kappa shape index (κ3) is 4.65. The number of ether oxygens (including phenoxy) is 5. The fourth-order valence-electron chi connectivity index (χ4n) is 3.19. The lowest BCUT2D eigenvalue weighted by Crippen LogP contribution is -2.28. The molecule has 0 aromatic heterocycles. The number of nitrogens with zero attached hydrogens (tertiary/aromatic N) is 1. The van der Waals surface area contributed by atoms with Crippen LogP contribution in [0.4, 0.5) is 0 Å². The molecule has 1 aliphatic heterocycles. The van der Waals surface area contributed by atoms with Crippen molar-refractivity contribution in [1.82, 2.24) is 5.43 Å². The topological polar surface area (TPSA) is 87.6 Å². The minimum atomic E-state index is -0.883. The van der Waals surface area contributed by atoms with Crippen LogP contribution in [0.25, 0.3) is 0 Å². The number of para-hydroxylation sites is 1. The Labute approximate surface area is 175 Å². The number of nitrogens with one attached hydrogen (secondary N) is 1. The summed E-state index contributed by atoms with van der Waals surface area (Å²) in [6.45, 7) is 4.95. The molecule has 0 bridgehead atoms. The van der Waals surface area contributed by atoms with Crippen LogP contribution in [0.2, 0.25) is 0 Å². The monoisotopic (exact) mass is 414 g/mol. The van der Waals surface area contributed by atoms with E-state index in [2.05, 4.69) is 10.5 Å². The number of methoxy groups -OCH3 is 2. The number of fused-ring (bicyclic) bond motifs is 1. The maximum absolute atomic E-state index is 12.8. The molecule has 0 radical (unpaired) electrons. The summed E-state index contributed by atoms with van der Waals surface area (Å²) in [6, 6.07) is 9.01. The van der Waals surface area contributed by atoms with E-state index in [1.54, 1.807) is 32.4 Å². The number of benzene rings is 2. The van der Waals surface area contributed by atoms with Gasteiger partial charge in [-0.05, 0) is 32.0 Å². The van der Waals surface area contributed by atoms with Gasteiger partial charge in [-0.25, -0.2) is 5.43 Å². The van der Waals surface area contributed by atoms with Gasteiger partial charge in [0.2, 0.25) is 0 Å². The van der Waals surface area contributed by atoms with E-state index >= 15 is 0 Å². The molecular formula is C22H26N2O6. The fourth-order valence-corrected chi connectivity index (χ4v) is 3.19. The molecule has 0 saturated carbocycles.